The zero-order chi connectivity index (χ0) is 12.1. The third kappa shape index (κ3) is 3.62. The van der Waals surface area contributed by atoms with Crippen molar-refractivity contribution >= 4 is 5.97 Å². The first-order chi connectivity index (χ1) is 7.50. The molecule has 2 N–H and O–H groups in total. The Hall–Kier alpha value is -1.42. The summed E-state index contributed by atoms with van der Waals surface area (Å²) in [7, 11) is 0. The van der Waals surface area contributed by atoms with Crippen molar-refractivity contribution < 1.29 is 14.3 Å². The van der Waals surface area contributed by atoms with Crippen LogP contribution in [0.4, 0.5) is 4.39 Å². The molecule has 0 aliphatic heterocycles. The molecule has 0 saturated carbocycles. The van der Waals surface area contributed by atoms with Crippen LogP contribution in [0.5, 0.6) is 0 Å². The molecule has 4 heteroatoms. The van der Waals surface area contributed by atoms with Crippen LogP contribution in [0.2, 0.25) is 0 Å². The van der Waals surface area contributed by atoms with Crippen LogP contribution in [-0.4, -0.2) is 17.1 Å². The molecule has 0 amide bonds. The van der Waals surface area contributed by atoms with Gasteiger partial charge >= 0.3 is 5.97 Å². The molecule has 3 nitrogen and oxygen atoms in total. The summed E-state index contributed by atoms with van der Waals surface area (Å²) in [6.45, 7) is 4.02. The Kier molecular flexibility index (Phi) is 4.43. The Morgan fingerprint density at radius 3 is 2.44 bits per heavy atom. The van der Waals surface area contributed by atoms with Crippen LogP contribution in [-0.2, 0) is 11.3 Å². The molecule has 1 aromatic rings. The van der Waals surface area contributed by atoms with E-state index in [9.17, 15) is 9.18 Å². The summed E-state index contributed by atoms with van der Waals surface area (Å²) in [4.78, 5) is 10.7. The predicted octanol–water partition coefficient (Wildman–Crippen LogP) is 2.02. The molecular formula is C12H16FNO2. The molecule has 0 aliphatic carbocycles. The summed E-state index contributed by atoms with van der Waals surface area (Å²) < 4.78 is 12.6. The van der Waals surface area contributed by atoms with Crippen LogP contribution in [0.15, 0.2) is 24.3 Å². The van der Waals surface area contributed by atoms with Gasteiger partial charge in [-0.05, 0) is 24.6 Å². The minimum atomic E-state index is -0.820. The molecule has 0 bridgehead atoms. The molecule has 1 aromatic carbocycles. The lowest BCUT2D eigenvalue weighted by Crippen LogP contribution is -2.35. The average Bonchev–Trinajstić information content (AvgIpc) is 2.26. The van der Waals surface area contributed by atoms with Gasteiger partial charge in [0.2, 0.25) is 0 Å². The van der Waals surface area contributed by atoms with Gasteiger partial charge in [-0.3, -0.25) is 4.79 Å². The van der Waals surface area contributed by atoms with Crippen LogP contribution >= 0.6 is 0 Å². The van der Waals surface area contributed by atoms with Gasteiger partial charge in [-0.2, -0.15) is 0 Å². The molecule has 0 radical (unpaired) electrons. The van der Waals surface area contributed by atoms with E-state index in [1.54, 1.807) is 19.1 Å². The number of aliphatic carboxylic acids is 1. The second-order valence-electron chi connectivity index (χ2n) is 3.92. The van der Waals surface area contributed by atoms with Crippen molar-refractivity contribution in [3.05, 3.63) is 35.6 Å². The smallest absolute Gasteiger partial charge is 0.307 e. The lowest BCUT2D eigenvalue weighted by atomic mass is 10.0. The van der Waals surface area contributed by atoms with Crippen molar-refractivity contribution in [1.82, 2.24) is 5.32 Å². The molecular weight excluding hydrogens is 209 g/mol. The maximum Gasteiger partial charge on any atom is 0.307 e. The number of halogens is 1. The van der Waals surface area contributed by atoms with Gasteiger partial charge in [0, 0.05) is 12.6 Å². The fourth-order valence-corrected chi connectivity index (χ4v) is 1.27. The van der Waals surface area contributed by atoms with Gasteiger partial charge in [-0.25, -0.2) is 4.39 Å². The van der Waals surface area contributed by atoms with E-state index in [1.165, 1.54) is 12.1 Å². The van der Waals surface area contributed by atoms with Crippen molar-refractivity contribution in [2.45, 2.75) is 26.4 Å². The van der Waals surface area contributed by atoms with Crippen LogP contribution < -0.4 is 5.32 Å². The van der Waals surface area contributed by atoms with Crippen LogP contribution in [0.1, 0.15) is 19.4 Å². The van der Waals surface area contributed by atoms with Crippen LogP contribution in [0.25, 0.3) is 0 Å². The third-order valence-corrected chi connectivity index (χ3v) is 2.68. The van der Waals surface area contributed by atoms with E-state index in [1.807, 2.05) is 6.92 Å². The van der Waals surface area contributed by atoms with Gasteiger partial charge < -0.3 is 10.4 Å². The van der Waals surface area contributed by atoms with E-state index < -0.39 is 11.9 Å². The van der Waals surface area contributed by atoms with Crippen molar-refractivity contribution in [3.8, 4) is 0 Å². The topological polar surface area (TPSA) is 49.3 Å². The van der Waals surface area contributed by atoms with Crippen molar-refractivity contribution in [1.29, 1.82) is 0 Å². The summed E-state index contributed by atoms with van der Waals surface area (Å²) in [6, 6.07) is 6.02. The Morgan fingerprint density at radius 2 is 1.94 bits per heavy atom. The highest BCUT2D eigenvalue weighted by atomic mass is 19.1. The predicted molar refractivity (Wildman–Crippen MR) is 59.5 cm³/mol. The standard InChI is InChI=1S/C12H16FNO2/c1-8(12(15)16)9(2)14-7-10-3-5-11(13)6-4-10/h3-6,8-9,14H,7H2,1-2H3,(H,15,16). The fraction of sp³-hybridized carbons (Fsp3) is 0.417. The monoisotopic (exact) mass is 225 g/mol. The number of hydrogen-bond acceptors (Lipinski definition) is 2. The summed E-state index contributed by atoms with van der Waals surface area (Å²) in [5.74, 6) is -1.53. The molecule has 16 heavy (non-hydrogen) atoms. The molecule has 0 spiro atoms. The highest BCUT2D eigenvalue weighted by molar-refractivity contribution is 5.70. The molecule has 0 fully saturated rings. The van der Waals surface area contributed by atoms with Gasteiger partial charge in [0.25, 0.3) is 0 Å². The quantitative estimate of drug-likeness (QED) is 0.806. The zero-order valence-corrected chi connectivity index (χ0v) is 9.40. The van der Waals surface area contributed by atoms with Gasteiger partial charge in [0.15, 0.2) is 0 Å². The Labute approximate surface area is 94.3 Å². The van der Waals surface area contributed by atoms with Crippen LogP contribution in [0, 0.1) is 11.7 Å². The van der Waals surface area contributed by atoms with Crippen molar-refractivity contribution in [2.24, 2.45) is 5.92 Å². The number of carboxylic acid groups (broad SMARTS) is 1. The largest absolute Gasteiger partial charge is 0.481 e. The van der Waals surface area contributed by atoms with Crippen molar-refractivity contribution in [2.75, 3.05) is 0 Å². The number of nitrogens with one attached hydrogen (secondary N) is 1. The molecule has 0 aliphatic rings. The fourth-order valence-electron chi connectivity index (χ4n) is 1.27. The summed E-state index contributed by atoms with van der Waals surface area (Å²) in [5.41, 5.74) is 0.936. The number of carbonyl (C=O) groups is 1. The Balaban J connectivity index is 2.45. The molecule has 2 atom stereocenters. The summed E-state index contributed by atoms with van der Waals surface area (Å²) >= 11 is 0. The Morgan fingerprint density at radius 1 is 1.38 bits per heavy atom. The molecule has 0 saturated heterocycles. The summed E-state index contributed by atoms with van der Waals surface area (Å²) in [6.07, 6.45) is 0. The first-order valence-corrected chi connectivity index (χ1v) is 5.21. The minimum absolute atomic E-state index is 0.123. The molecule has 1 rings (SSSR count). The SMILES string of the molecule is CC(NCc1ccc(F)cc1)C(C)C(=O)O. The second-order valence-corrected chi connectivity index (χ2v) is 3.92. The van der Waals surface area contributed by atoms with Gasteiger partial charge in [0.1, 0.15) is 5.82 Å². The first kappa shape index (κ1) is 12.6. The number of hydrogen-bond donors (Lipinski definition) is 2. The van der Waals surface area contributed by atoms with Gasteiger partial charge in [0.05, 0.1) is 5.92 Å². The molecule has 2 unspecified atom stereocenters. The third-order valence-electron chi connectivity index (χ3n) is 2.68. The maximum atomic E-state index is 12.6. The normalized spacial score (nSPS) is 14.4. The average molecular weight is 225 g/mol. The van der Waals surface area contributed by atoms with E-state index in [0.29, 0.717) is 6.54 Å². The minimum Gasteiger partial charge on any atom is -0.481 e. The first-order valence-electron chi connectivity index (χ1n) is 5.21. The lowest BCUT2D eigenvalue weighted by Gasteiger charge is -2.17. The molecule has 0 heterocycles. The highest BCUT2D eigenvalue weighted by Crippen LogP contribution is 2.06. The Bertz CT molecular complexity index is 351. The van der Waals surface area contributed by atoms with Gasteiger partial charge in [-0.1, -0.05) is 19.1 Å². The lowest BCUT2D eigenvalue weighted by molar-refractivity contribution is -0.141. The highest BCUT2D eigenvalue weighted by Gasteiger charge is 2.18. The summed E-state index contributed by atoms with van der Waals surface area (Å²) in [5, 5.41) is 11.9. The number of benzene rings is 1. The maximum absolute atomic E-state index is 12.6. The van der Waals surface area contributed by atoms with E-state index in [4.69, 9.17) is 5.11 Å². The molecule has 0 aromatic heterocycles. The molecule has 88 valence electrons. The number of rotatable bonds is 5. The number of carboxylic acids is 1. The zero-order valence-electron chi connectivity index (χ0n) is 9.40. The second kappa shape index (κ2) is 5.61. The van der Waals surface area contributed by atoms with Crippen molar-refractivity contribution in [3.63, 3.8) is 0 Å². The van der Waals surface area contributed by atoms with E-state index in [0.717, 1.165) is 5.56 Å². The van der Waals surface area contributed by atoms with Gasteiger partial charge in [-0.15, -0.1) is 0 Å². The van der Waals surface area contributed by atoms with E-state index >= 15 is 0 Å². The van der Waals surface area contributed by atoms with E-state index in [2.05, 4.69) is 5.32 Å². The van der Waals surface area contributed by atoms with Crippen LogP contribution in [0.3, 0.4) is 0 Å². The van der Waals surface area contributed by atoms with E-state index in [-0.39, 0.29) is 11.9 Å².